The van der Waals surface area contributed by atoms with E-state index in [2.05, 4.69) is 20.4 Å². The van der Waals surface area contributed by atoms with Crippen molar-refractivity contribution in [1.29, 1.82) is 0 Å². The Kier molecular flexibility index (Phi) is 3.65. The molecule has 3 heterocycles. The quantitative estimate of drug-likeness (QED) is 0.789. The minimum atomic E-state index is -0.290. The molecule has 0 aromatic carbocycles. The summed E-state index contributed by atoms with van der Waals surface area (Å²) in [7, 11) is 0. The number of rotatable bonds is 4. The molecule has 0 unspecified atom stereocenters. The molecule has 0 atom stereocenters. The van der Waals surface area contributed by atoms with Gasteiger partial charge in [0.25, 0.3) is 5.56 Å². The molecular formula is C17H19N5O2. The fourth-order valence-electron chi connectivity index (χ4n) is 3.40. The van der Waals surface area contributed by atoms with E-state index in [0.717, 1.165) is 31.4 Å². The molecule has 7 nitrogen and oxygen atoms in total. The molecule has 1 saturated carbocycles. The van der Waals surface area contributed by atoms with Crippen LogP contribution < -0.4 is 10.9 Å². The molecule has 7 heteroatoms. The molecule has 1 fully saturated rings. The molecule has 3 aromatic heterocycles. The van der Waals surface area contributed by atoms with Crippen molar-refractivity contribution < 1.29 is 4.52 Å². The van der Waals surface area contributed by atoms with Gasteiger partial charge in [0.05, 0.1) is 11.2 Å². The Labute approximate surface area is 138 Å². The lowest BCUT2D eigenvalue weighted by Gasteiger charge is -2.26. The fourth-order valence-corrected chi connectivity index (χ4v) is 3.40. The van der Waals surface area contributed by atoms with Gasteiger partial charge in [-0.25, -0.2) is 4.98 Å². The van der Waals surface area contributed by atoms with Gasteiger partial charge < -0.3 is 4.52 Å². The van der Waals surface area contributed by atoms with Crippen molar-refractivity contribution in [1.82, 2.24) is 24.8 Å². The molecule has 0 aliphatic heterocycles. The Morgan fingerprint density at radius 1 is 1.29 bits per heavy atom. The lowest BCUT2D eigenvalue weighted by Crippen LogP contribution is -2.40. The van der Waals surface area contributed by atoms with Gasteiger partial charge in [-0.3, -0.25) is 14.5 Å². The predicted octanol–water partition coefficient (Wildman–Crippen LogP) is 1.95. The summed E-state index contributed by atoms with van der Waals surface area (Å²) in [5.41, 5.74) is 1.00. The normalized spacial score (nSPS) is 16.7. The number of fused-ring (bicyclic) bond motifs is 1. The summed E-state index contributed by atoms with van der Waals surface area (Å²) in [5.74, 6) is 1.27. The summed E-state index contributed by atoms with van der Waals surface area (Å²) in [5, 5.41) is 7.65. The van der Waals surface area contributed by atoms with Crippen LogP contribution in [0.5, 0.6) is 0 Å². The third-order valence-corrected chi connectivity index (χ3v) is 4.64. The van der Waals surface area contributed by atoms with E-state index in [0.29, 0.717) is 23.9 Å². The highest BCUT2D eigenvalue weighted by atomic mass is 16.5. The van der Waals surface area contributed by atoms with Gasteiger partial charge in [-0.05, 0) is 25.0 Å². The summed E-state index contributed by atoms with van der Waals surface area (Å²) in [6, 6.07) is 7.10. The highest BCUT2D eigenvalue weighted by Gasteiger charge is 2.39. The van der Waals surface area contributed by atoms with Crippen molar-refractivity contribution in [3.05, 3.63) is 58.2 Å². The van der Waals surface area contributed by atoms with E-state index >= 15 is 0 Å². The third kappa shape index (κ3) is 2.60. The first-order chi connectivity index (χ1) is 11.7. The van der Waals surface area contributed by atoms with Crippen molar-refractivity contribution in [3.63, 3.8) is 0 Å². The van der Waals surface area contributed by atoms with Crippen molar-refractivity contribution in [3.8, 4) is 0 Å². The van der Waals surface area contributed by atoms with Gasteiger partial charge in [-0.2, -0.15) is 4.98 Å². The second kappa shape index (κ2) is 5.83. The number of aromatic nitrogens is 4. The van der Waals surface area contributed by atoms with Crippen LogP contribution in [0.1, 0.15) is 43.1 Å². The van der Waals surface area contributed by atoms with Crippen LogP contribution in [0.4, 0.5) is 0 Å². The van der Waals surface area contributed by atoms with Crippen LogP contribution in [0.2, 0.25) is 0 Å². The van der Waals surface area contributed by atoms with Crippen molar-refractivity contribution in [2.45, 2.75) is 44.7 Å². The molecule has 1 N–H and O–H groups in total. The van der Waals surface area contributed by atoms with Crippen LogP contribution in [0, 0.1) is 6.92 Å². The minimum absolute atomic E-state index is 0.0757. The molecule has 1 aliphatic carbocycles. The van der Waals surface area contributed by atoms with Gasteiger partial charge in [-0.1, -0.05) is 24.1 Å². The number of hydrogen-bond acceptors (Lipinski definition) is 6. The van der Waals surface area contributed by atoms with Gasteiger partial charge in [0, 0.05) is 25.7 Å². The zero-order valence-electron chi connectivity index (χ0n) is 13.5. The molecule has 0 spiro atoms. The Hall–Kier alpha value is -2.54. The molecule has 4 rings (SSSR count). The molecule has 0 amide bonds. The Morgan fingerprint density at radius 2 is 2.12 bits per heavy atom. The molecular weight excluding hydrogens is 306 g/mol. The largest absolute Gasteiger partial charge is 0.340 e. The lowest BCUT2D eigenvalue weighted by molar-refractivity contribution is 0.296. The van der Waals surface area contributed by atoms with E-state index in [1.807, 2.05) is 18.2 Å². The van der Waals surface area contributed by atoms with Gasteiger partial charge in [0.1, 0.15) is 5.65 Å². The topological polar surface area (TPSA) is 85.3 Å². The van der Waals surface area contributed by atoms with Gasteiger partial charge >= 0.3 is 0 Å². The average molecular weight is 325 g/mol. The summed E-state index contributed by atoms with van der Waals surface area (Å²) < 4.78 is 6.70. The van der Waals surface area contributed by atoms with E-state index in [9.17, 15) is 4.79 Å². The summed E-state index contributed by atoms with van der Waals surface area (Å²) in [6.45, 7) is 2.29. The Bertz CT molecular complexity index is 924. The second-order valence-electron chi connectivity index (χ2n) is 6.29. The van der Waals surface area contributed by atoms with Crippen LogP contribution in [0.25, 0.3) is 5.65 Å². The van der Waals surface area contributed by atoms with E-state index in [1.54, 1.807) is 19.2 Å². The lowest BCUT2D eigenvalue weighted by atomic mass is 9.96. The number of pyridine rings is 1. The van der Waals surface area contributed by atoms with E-state index in [1.165, 1.54) is 4.40 Å². The molecule has 1 aliphatic rings. The highest BCUT2D eigenvalue weighted by molar-refractivity contribution is 5.38. The molecule has 3 aromatic rings. The van der Waals surface area contributed by atoms with Crippen LogP contribution in [0.3, 0.4) is 0 Å². The van der Waals surface area contributed by atoms with Gasteiger partial charge in [0.2, 0.25) is 5.89 Å². The van der Waals surface area contributed by atoms with E-state index in [4.69, 9.17) is 4.52 Å². The molecule has 0 bridgehead atoms. The van der Waals surface area contributed by atoms with Crippen LogP contribution >= 0.6 is 0 Å². The maximum absolute atomic E-state index is 12.2. The van der Waals surface area contributed by atoms with Crippen LogP contribution in [-0.4, -0.2) is 19.5 Å². The van der Waals surface area contributed by atoms with Gasteiger partial charge in [-0.15, -0.1) is 0 Å². The number of nitrogens with zero attached hydrogens (tertiary/aromatic N) is 4. The zero-order valence-corrected chi connectivity index (χ0v) is 13.5. The maximum Gasteiger partial charge on any atom is 0.258 e. The summed E-state index contributed by atoms with van der Waals surface area (Å²) >= 11 is 0. The van der Waals surface area contributed by atoms with Crippen molar-refractivity contribution in [2.75, 3.05) is 0 Å². The Morgan fingerprint density at radius 3 is 2.88 bits per heavy atom. The number of hydrogen-bond donors (Lipinski definition) is 1. The summed E-state index contributed by atoms with van der Waals surface area (Å²) in [4.78, 5) is 21.2. The third-order valence-electron chi connectivity index (χ3n) is 4.64. The standard InChI is InChI=1S/C17H19N5O2/c1-12-19-16(21-24-12)17(7-3-4-8-17)18-11-13-10-15(23)22-9-5-2-6-14(22)20-13/h2,5-6,9-10,18H,3-4,7-8,11H2,1H3. The van der Waals surface area contributed by atoms with Crippen molar-refractivity contribution in [2.24, 2.45) is 0 Å². The van der Waals surface area contributed by atoms with Crippen LogP contribution in [0.15, 0.2) is 39.8 Å². The first-order valence-corrected chi connectivity index (χ1v) is 8.19. The monoisotopic (exact) mass is 325 g/mol. The first-order valence-electron chi connectivity index (χ1n) is 8.19. The minimum Gasteiger partial charge on any atom is -0.340 e. The Balaban J connectivity index is 1.62. The first kappa shape index (κ1) is 15.0. The molecule has 24 heavy (non-hydrogen) atoms. The van der Waals surface area contributed by atoms with E-state index < -0.39 is 0 Å². The predicted molar refractivity (Wildman–Crippen MR) is 87.5 cm³/mol. The average Bonchev–Trinajstić information content (AvgIpc) is 3.23. The molecule has 0 radical (unpaired) electrons. The van der Waals surface area contributed by atoms with Crippen LogP contribution in [-0.2, 0) is 12.1 Å². The van der Waals surface area contributed by atoms with Crippen molar-refractivity contribution >= 4 is 5.65 Å². The molecule has 0 saturated heterocycles. The smallest absolute Gasteiger partial charge is 0.258 e. The van der Waals surface area contributed by atoms with Gasteiger partial charge in [0.15, 0.2) is 5.82 Å². The number of nitrogens with one attached hydrogen (secondary N) is 1. The number of aryl methyl sites for hydroxylation is 1. The van der Waals surface area contributed by atoms with E-state index in [-0.39, 0.29) is 11.1 Å². The highest BCUT2D eigenvalue weighted by Crippen LogP contribution is 2.37. The summed E-state index contributed by atoms with van der Waals surface area (Å²) in [6.07, 6.45) is 5.88. The fraction of sp³-hybridized carbons (Fsp3) is 0.412. The second-order valence-corrected chi connectivity index (χ2v) is 6.29. The zero-order chi connectivity index (χ0) is 16.6. The SMILES string of the molecule is Cc1nc(C2(NCc3cc(=O)n4ccccc4n3)CCCC2)no1. The molecule has 124 valence electrons. The maximum atomic E-state index is 12.2.